The molecule has 13 heavy (non-hydrogen) atoms. The van der Waals surface area contributed by atoms with Gasteiger partial charge in [0.05, 0.1) is 0 Å². The van der Waals surface area contributed by atoms with Gasteiger partial charge < -0.3 is 5.21 Å². The van der Waals surface area contributed by atoms with E-state index in [-0.39, 0.29) is 5.84 Å². The summed E-state index contributed by atoms with van der Waals surface area (Å²) in [6.07, 6.45) is 0. The highest BCUT2D eigenvalue weighted by molar-refractivity contribution is 9.10. The first kappa shape index (κ1) is 9.57. The smallest absolute Gasteiger partial charge is 0.174 e. The fourth-order valence-corrected chi connectivity index (χ4v) is 1.27. The molecule has 0 aliphatic carbocycles. The van der Waals surface area contributed by atoms with E-state index < -0.39 is 0 Å². The van der Waals surface area contributed by atoms with Crippen LogP contribution in [-0.4, -0.2) is 11.0 Å². The van der Waals surface area contributed by atoms with Gasteiger partial charge in [-0.1, -0.05) is 39.3 Å². The topological polar surface area (TPSA) is 81.4 Å². The van der Waals surface area contributed by atoms with Gasteiger partial charge in [-0.25, -0.2) is 0 Å². The summed E-state index contributed by atoms with van der Waals surface area (Å²) in [4.78, 5) is 2.54. The molecule has 0 radical (unpaired) electrons. The van der Waals surface area contributed by atoms with Crippen molar-refractivity contribution in [2.24, 2.45) is 10.3 Å². The lowest BCUT2D eigenvalue weighted by Gasteiger charge is -1.99. The second-order valence-corrected chi connectivity index (χ2v) is 2.95. The zero-order valence-electron chi connectivity index (χ0n) is 6.42. The first-order valence-electron chi connectivity index (χ1n) is 3.31. The maximum atomic E-state index is 8.54. The lowest BCUT2D eigenvalue weighted by molar-refractivity contribution is 0.318. The number of amidine groups is 1. The molecule has 1 aromatic rings. The van der Waals surface area contributed by atoms with Gasteiger partial charge in [-0.3, -0.25) is 0 Å². The molecule has 0 aromatic heterocycles. The molecule has 6 heteroatoms. The van der Waals surface area contributed by atoms with Crippen molar-refractivity contribution in [3.05, 3.63) is 44.7 Å². The van der Waals surface area contributed by atoms with Crippen molar-refractivity contribution in [3.63, 3.8) is 0 Å². The molecule has 66 valence electrons. The molecule has 1 rings (SSSR count). The van der Waals surface area contributed by atoms with Gasteiger partial charge in [0.1, 0.15) is 0 Å². The number of hydrogen-bond acceptors (Lipinski definition) is 2. The normalized spacial score (nSPS) is 10.7. The quantitative estimate of drug-likeness (QED) is 0.153. The van der Waals surface area contributed by atoms with Gasteiger partial charge in [0.2, 0.25) is 0 Å². The fourth-order valence-electron chi connectivity index (χ4n) is 0.813. The summed E-state index contributed by atoms with van der Waals surface area (Å²) in [7, 11) is 0. The van der Waals surface area contributed by atoms with Gasteiger partial charge in [-0.05, 0) is 16.7 Å². The van der Waals surface area contributed by atoms with Crippen molar-refractivity contribution in [3.8, 4) is 0 Å². The van der Waals surface area contributed by atoms with E-state index in [2.05, 4.69) is 31.1 Å². The zero-order valence-corrected chi connectivity index (χ0v) is 8.01. The minimum absolute atomic E-state index is 0.0602. The van der Waals surface area contributed by atoms with Gasteiger partial charge in [0.25, 0.3) is 0 Å². The molecule has 0 aliphatic heterocycles. The Bertz CT molecular complexity index is 384. The Balaban J connectivity index is 3.20. The Hall–Kier alpha value is -1.52. The minimum Gasteiger partial charge on any atom is -0.410 e. The maximum absolute atomic E-state index is 8.54. The number of hydrogen-bond donors (Lipinski definition) is 1. The van der Waals surface area contributed by atoms with Crippen LogP contribution in [0.3, 0.4) is 0 Å². The van der Waals surface area contributed by atoms with Gasteiger partial charge in [0.15, 0.2) is 5.84 Å². The molecule has 0 unspecified atom stereocenters. The average Bonchev–Trinajstić information content (AvgIpc) is 2.16. The number of oxime groups is 1. The first-order valence-corrected chi connectivity index (χ1v) is 4.11. The standard InChI is InChI=1S/C7H5BrN4O/c8-6-4-2-1-3-5(6)7(11-13)10-12-9/h1-4,13H/b11-7+. The molecule has 0 fully saturated rings. The van der Waals surface area contributed by atoms with Gasteiger partial charge in [-0.2, -0.15) is 0 Å². The first-order chi connectivity index (χ1) is 6.29. The van der Waals surface area contributed by atoms with E-state index in [1.165, 1.54) is 0 Å². The summed E-state index contributed by atoms with van der Waals surface area (Å²) in [5.74, 6) is -0.0602. The third-order valence-electron chi connectivity index (χ3n) is 1.35. The number of halogens is 1. The molecule has 5 nitrogen and oxygen atoms in total. The Kier molecular flexibility index (Phi) is 3.31. The van der Waals surface area contributed by atoms with E-state index in [0.29, 0.717) is 10.0 Å². The van der Waals surface area contributed by atoms with Crippen LogP contribution in [0.15, 0.2) is 39.0 Å². The third-order valence-corrected chi connectivity index (χ3v) is 2.04. The van der Waals surface area contributed by atoms with Crippen LogP contribution in [-0.2, 0) is 0 Å². The highest BCUT2D eigenvalue weighted by Crippen LogP contribution is 2.17. The molecular formula is C7H5BrN4O. The van der Waals surface area contributed by atoms with Crippen molar-refractivity contribution in [2.75, 3.05) is 0 Å². The molecule has 1 N–H and O–H groups in total. The number of azide groups is 1. The van der Waals surface area contributed by atoms with Gasteiger partial charge in [-0.15, -0.1) is 0 Å². The van der Waals surface area contributed by atoms with E-state index in [4.69, 9.17) is 10.7 Å². The van der Waals surface area contributed by atoms with Crippen LogP contribution in [0.4, 0.5) is 0 Å². The largest absolute Gasteiger partial charge is 0.410 e. The summed E-state index contributed by atoms with van der Waals surface area (Å²) in [5.41, 5.74) is 8.72. The van der Waals surface area contributed by atoms with E-state index in [0.717, 1.165) is 0 Å². The molecular weight excluding hydrogens is 236 g/mol. The molecule has 0 saturated heterocycles. The molecule has 0 saturated carbocycles. The van der Waals surface area contributed by atoms with Crippen molar-refractivity contribution in [1.29, 1.82) is 0 Å². The van der Waals surface area contributed by atoms with Crippen LogP contribution >= 0.6 is 15.9 Å². The van der Waals surface area contributed by atoms with Crippen LogP contribution in [0.1, 0.15) is 5.56 Å². The minimum atomic E-state index is -0.0602. The van der Waals surface area contributed by atoms with Crippen molar-refractivity contribution >= 4 is 21.8 Å². The lowest BCUT2D eigenvalue weighted by atomic mass is 10.2. The Morgan fingerprint density at radius 1 is 1.46 bits per heavy atom. The number of benzene rings is 1. The second-order valence-electron chi connectivity index (χ2n) is 2.09. The number of nitrogens with zero attached hydrogens (tertiary/aromatic N) is 4. The van der Waals surface area contributed by atoms with Crippen LogP contribution in [0.2, 0.25) is 0 Å². The van der Waals surface area contributed by atoms with Crippen molar-refractivity contribution < 1.29 is 5.21 Å². The summed E-state index contributed by atoms with van der Waals surface area (Å²) in [6.45, 7) is 0. The molecule has 1 aromatic carbocycles. The second kappa shape index (κ2) is 4.49. The van der Waals surface area contributed by atoms with E-state index in [1.54, 1.807) is 24.3 Å². The predicted molar refractivity (Wildman–Crippen MR) is 51.6 cm³/mol. The van der Waals surface area contributed by atoms with E-state index in [1.807, 2.05) is 0 Å². The van der Waals surface area contributed by atoms with Gasteiger partial charge in [0, 0.05) is 14.9 Å². The summed E-state index contributed by atoms with van der Waals surface area (Å²) in [5, 5.41) is 14.6. The molecule has 0 heterocycles. The molecule has 0 aliphatic rings. The number of rotatable bonds is 1. The average molecular weight is 241 g/mol. The Morgan fingerprint density at radius 2 is 2.15 bits per heavy atom. The molecule has 0 bridgehead atoms. The van der Waals surface area contributed by atoms with E-state index >= 15 is 0 Å². The highest BCUT2D eigenvalue weighted by atomic mass is 79.9. The predicted octanol–water partition coefficient (Wildman–Crippen LogP) is 2.90. The molecule has 0 amide bonds. The summed E-state index contributed by atoms with van der Waals surface area (Å²) >= 11 is 3.23. The fraction of sp³-hybridized carbons (Fsp3) is 0. The molecule has 0 atom stereocenters. The van der Waals surface area contributed by atoms with Crippen LogP contribution in [0.25, 0.3) is 10.4 Å². The zero-order chi connectivity index (χ0) is 9.68. The van der Waals surface area contributed by atoms with Crippen molar-refractivity contribution in [1.82, 2.24) is 0 Å². The van der Waals surface area contributed by atoms with Crippen LogP contribution in [0.5, 0.6) is 0 Å². The lowest BCUT2D eigenvalue weighted by Crippen LogP contribution is -1.96. The van der Waals surface area contributed by atoms with Crippen molar-refractivity contribution in [2.45, 2.75) is 0 Å². The highest BCUT2D eigenvalue weighted by Gasteiger charge is 2.04. The maximum Gasteiger partial charge on any atom is 0.174 e. The SMILES string of the molecule is [N-]=[N+]=N/C(=N/O)c1ccccc1Br. The summed E-state index contributed by atoms with van der Waals surface area (Å²) in [6, 6.07) is 6.98. The van der Waals surface area contributed by atoms with Crippen LogP contribution < -0.4 is 0 Å². The van der Waals surface area contributed by atoms with Gasteiger partial charge >= 0.3 is 0 Å². The Morgan fingerprint density at radius 3 is 2.69 bits per heavy atom. The van der Waals surface area contributed by atoms with E-state index in [9.17, 15) is 0 Å². The molecule has 0 spiro atoms. The third kappa shape index (κ3) is 2.21. The monoisotopic (exact) mass is 240 g/mol. The summed E-state index contributed by atoms with van der Waals surface area (Å²) < 4.78 is 0.704. The van der Waals surface area contributed by atoms with Crippen LogP contribution in [0, 0.1) is 0 Å². The Labute approximate surface area is 82.4 Å².